The molecule has 1 aromatic carbocycles. The molecule has 7 nitrogen and oxygen atoms in total. The number of ether oxygens (including phenoxy) is 1. The summed E-state index contributed by atoms with van der Waals surface area (Å²) in [6.45, 7) is 0. The number of halogens is 2. The van der Waals surface area contributed by atoms with Crippen LogP contribution in [0.4, 0.5) is 10.1 Å². The molecule has 3 rings (SSSR count). The molecule has 0 radical (unpaired) electrons. The van der Waals surface area contributed by atoms with Gasteiger partial charge in [-0.3, -0.25) is 14.5 Å². The van der Waals surface area contributed by atoms with Crippen molar-refractivity contribution in [3.05, 3.63) is 57.3 Å². The van der Waals surface area contributed by atoms with Crippen LogP contribution in [0.25, 0.3) is 5.65 Å². The molecule has 2 heterocycles. The summed E-state index contributed by atoms with van der Waals surface area (Å²) in [5.74, 6) is -0.858. The first-order chi connectivity index (χ1) is 10.0. The number of imidazole rings is 1. The van der Waals surface area contributed by atoms with Crippen LogP contribution in [-0.4, -0.2) is 19.3 Å². The van der Waals surface area contributed by atoms with Crippen LogP contribution < -0.4 is 4.74 Å². The predicted octanol–water partition coefficient (Wildman–Crippen LogP) is 3.33. The van der Waals surface area contributed by atoms with Gasteiger partial charge < -0.3 is 4.74 Å². The average molecular weight is 353 g/mol. The maximum absolute atomic E-state index is 13.3. The van der Waals surface area contributed by atoms with E-state index in [1.807, 2.05) is 0 Å². The zero-order valence-corrected chi connectivity index (χ0v) is 11.8. The minimum Gasteiger partial charge on any atom is -0.428 e. The van der Waals surface area contributed by atoms with Crippen LogP contribution >= 0.6 is 15.9 Å². The molecule has 0 unspecified atom stereocenters. The minimum atomic E-state index is -0.657. The number of hydrogen-bond donors (Lipinski definition) is 0. The van der Waals surface area contributed by atoms with Crippen molar-refractivity contribution in [2.24, 2.45) is 0 Å². The van der Waals surface area contributed by atoms with Crippen LogP contribution in [0.15, 0.2) is 41.4 Å². The second-order valence-corrected chi connectivity index (χ2v) is 4.81. The molecule has 21 heavy (non-hydrogen) atoms. The van der Waals surface area contributed by atoms with Gasteiger partial charge in [0.05, 0.1) is 4.92 Å². The fraction of sp³-hybridized carbons (Fsp3) is 0. The third-order valence-electron chi connectivity index (χ3n) is 2.64. The fourth-order valence-electron chi connectivity index (χ4n) is 1.77. The number of rotatable bonds is 3. The maximum Gasteiger partial charge on any atom is 0.311 e. The van der Waals surface area contributed by atoms with Crippen LogP contribution in [-0.2, 0) is 0 Å². The van der Waals surface area contributed by atoms with E-state index in [2.05, 4.69) is 25.9 Å². The molecule has 2 aromatic heterocycles. The van der Waals surface area contributed by atoms with E-state index in [1.165, 1.54) is 6.20 Å². The molecule has 3 aromatic rings. The fourth-order valence-corrected chi connectivity index (χ4v) is 2.15. The van der Waals surface area contributed by atoms with Crippen molar-refractivity contribution >= 4 is 27.3 Å². The topological polar surface area (TPSA) is 82.6 Å². The highest BCUT2D eigenvalue weighted by atomic mass is 79.9. The largest absolute Gasteiger partial charge is 0.428 e. The van der Waals surface area contributed by atoms with E-state index >= 15 is 0 Å². The van der Waals surface area contributed by atoms with Crippen molar-refractivity contribution in [1.82, 2.24) is 14.4 Å². The lowest BCUT2D eigenvalue weighted by atomic mass is 10.3. The smallest absolute Gasteiger partial charge is 0.311 e. The summed E-state index contributed by atoms with van der Waals surface area (Å²) in [6, 6.07) is 2.95. The second kappa shape index (κ2) is 5.09. The number of fused-ring (bicyclic) bond motifs is 1. The van der Waals surface area contributed by atoms with E-state index in [-0.39, 0.29) is 17.3 Å². The summed E-state index contributed by atoms with van der Waals surface area (Å²) in [4.78, 5) is 18.4. The van der Waals surface area contributed by atoms with Gasteiger partial charge in [0.15, 0.2) is 0 Å². The number of hydrogen-bond acceptors (Lipinski definition) is 5. The molecule has 0 aliphatic heterocycles. The Kier molecular flexibility index (Phi) is 3.26. The van der Waals surface area contributed by atoms with Crippen LogP contribution in [0.3, 0.4) is 0 Å². The van der Waals surface area contributed by atoms with Gasteiger partial charge in [-0.1, -0.05) is 0 Å². The van der Waals surface area contributed by atoms with Gasteiger partial charge in [0, 0.05) is 30.7 Å². The van der Waals surface area contributed by atoms with Crippen LogP contribution in [0.2, 0.25) is 0 Å². The maximum atomic E-state index is 13.3. The van der Waals surface area contributed by atoms with Crippen molar-refractivity contribution in [1.29, 1.82) is 0 Å². The molecule has 0 amide bonds. The Balaban J connectivity index is 2.12. The summed E-state index contributed by atoms with van der Waals surface area (Å²) in [5, 5.41) is 11.0. The lowest BCUT2D eigenvalue weighted by Gasteiger charge is -2.07. The highest BCUT2D eigenvalue weighted by Crippen LogP contribution is 2.33. The van der Waals surface area contributed by atoms with Crippen molar-refractivity contribution < 1.29 is 14.1 Å². The molecule has 0 saturated heterocycles. The SMILES string of the molecule is O=[N+]([O-])c1ccc(F)cc1Oc1nc(Br)cn2ccnc12. The van der Waals surface area contributed by atoms with Crippen LogP contribution in [0.1, 0.15) is 0 Å². The van der Waals surface area contributed by atoms with Gasteiger partial charge in [0.1, 0.15) is 10.4 Å². The summed E-state index contributed by atoms with van der Waals surface area (Å²) in [6.07, 6.45) is 4.83. The number of nitrogens with zero attached hydrogens (tertiary/aromatic N) is 4. The Hall–Kier alpha value is -2.55. The molecular formula is C12H6BrFN4O3. The standard InChI is InChI=1S/C12H6BrFN4O3/c13-10-6-17-4-3-15-11(17)12(16-10)21-9-5-7(14)1-2-8(9)18(19)20/h1-6H. The van der Waals surface area contributed by atoms with Gasteiger partial charge in [-0.2, -0.15) is 0 Å². The van der Waals surface area contributed by atoms with E-state index in [0.29, 0.717) is 10.3 Å². The average Bonchev–Trinajstić information content (AvgIpc) is 2.86. The first-order valence-corrected chi connectivity index (χ1v) is 6.45. The molecule has 106 valence electrons. The van der Waals surface area contributed by atoms with Gasteiger partial charge >= 0.3 is 5.69 Å². The number of benzene rings is 1. The summed E-state index contributed by atoms with van der Waals surface area (Å²) >= 11 is 3.20. The monoisotopic (exact) mass is 352 g/mol. The molecule has 9 heteroatoms. The van der Waals surface area contributed by atoms with E-state index in [4.69, 9.17) is 4.74 Å². The highest BCUT2D eigenvalue weighted by molar-refractivity contribution is 9.10. The quantitative estimate of drug-likeness (QED) is 0.533. The number of nitro benzene ring substituents is 1. The van der Waals surface area contributed by atoms with Gasteiger partial charge in [0.2, 0.25) is 11.4 Å². The Bertz CT molecular complexity index is 852. The first-order valence-electron chi connectivity index (χ1n) is 5.65. The normalized spacial score (nSPS) is 10.8. The third-order valence-corrected chi connectivity index (χ3v) is 3.02. The molecule has 0 fully saturated rings. The zero-order valence-electron chi connectivity index (χ0n) is 10.2. The van der Waals surface area contributed by atoms with E-state index in [9.17, 15) is 14.5 Å². The predicted molar refractivity (Wildman–Crippen MR) is 73.8 cm³/mol. The summed E-state index contributed by atoms with van der Waals surface area (Å²) in [5.41, 5.74) is -0.000333. The van der Waals surface area contributed by atoms with Crippen molar-refractivity contribution in [3.63, 3.8) is 0 Å². The summed E-state index contributed by atoms with van der Waals surface area (Å²) in [7, 11) is 0. The number of aromatic nitrogens is 3. The molecule has 0 N–H and O–H groups in total. The number of nitro groups is 1. The van der Waals surface area contributed by atoms with Crippen molar-refractivity contribution in [2.45, 2.75) is 0 Å². The van der Waals surface area contributed by atoms with Gasteiger partial charge in [-0.25, -0.2) is 14.4 Å². The Morgan fingerprint density at radius 2 is 2.24 bits per heavy atom. The molecule has 0 aliphatic rings. The molecule has 0 saturated carbocycles. The highest BCUT2D eigenvalue weighted by Gasteiger charge is 2.19. The Morgan fingerprint density at radius 3 is 3.00 bits per heavy atom. The van der Waals surface area contributed by atoms with Crippen LogP contribution in [0, 0.1) is 15.9 Å². The first kappa shape index (κ1) is 13.4. The van der Waals surface area contributed by atoms with Gasteiger partial charge in [0.25, 0.3) is 5.88 Å². The lowest BCUT2D eigenvalue weighted by Crippen LogP contribution is -1.98. The van der Waals surface area contributed by atoms with E-state index in [0.717, 1.165) is 18.2 Å². The van der Waals surface area contributed by atoms with Gasteiger partial charge in [-0.05, 0) is 22.0 Å². The van der Waals surface area contributed by atoms with Gasteiger partial charge in [-0.15, -0.1) is 0 Å². The molecule has 0 bridgehead atoms. The van der Waals surface area contributed by atoms with Crippen molar-refractivity contribution in [3.8, 4) is 11.6 Å². The Labute approximate surface area is 125 Å². The van der Waals surface area contributed by atoms with E-state index < -0.39 is 10.7 Å². The van der Waals surface area contributed by atoms with Crippen molar-refractivity contribution in [2.75, 3.05) is 0 Å². The minimum absolute atomic E-state index is 0.0306. The zero-order chi connectivity index (χ0) is 15.0. The second-order valence-electron chi connectivity index (χ2n) is 4.00. The molecule has 0 atom stereocenters. The summed E-state index contributed by atoms with van der Waals surface area (Å²) < 4.78 is 20.8. The lowest BCUT2D eigenvalue weighted by molar-refractivity contribution is -0.385. The van der Waals surface area contributed by atoms with E-state index in [1.54, 1.807) is 16.8 Å². The van der Waals surface area contributed by atoms with Crippen LogP contribution in [0.5, 0.6) is 11.6 Å². The third kappa shape index (κ3) is 2.55. The Morgan fingerprint density at radius 1 is 1.43 bits per heavy atom. The molecule has 0 aliphatic carbocycles. The molecular weight excluding hydrogens is 347 g/mol. The molecule has 0 spiro atoms.